The Morgan fingerprint density at radius 1 is 1.17 bits per heavy atom. The molecular weight excluding hydrogens is 349 g/mol. The van der Waals surface area contributed by atoms with E-state index in [1.807, 2.05) is 0 Å². The van der Waals surface area contributed by atoms with E-state index in [1.165, 1.54) is 19.7 Å². The summed E-state index contributed by atoms with van der Waals surface area (Å²) >= 11 is 13.9. The molecule has 1 nitrogen and oxygen atoms in total. The maximum atomic E-state index is 4.99. The molecule has 0 saturated carbocycles. The molecule has 0 aliphatic carbocycles. The first-order valence-corrected chi connectivity index (χ1v) is 14.6. The van der Waals surface area contributed by atoms with Crippen molar-refractivity contribution in [2.75, 3.05) is 7.11 Å². The molecule has 0 N–H and O–H groups in total. The van der Waals surface area contributed by atoms with Crippen LogP contribution < -0.4 is 0 Å². The molecule has 0 rings (SSSR count). The van der Waals surface area contributed by atoms with Crippen molar-refractivity contribution in [1.82, 2.24) is 0 Å². The van der Waals surface area contributed by atoms with Gasteiger partial charge in [-0.3, -0.25) is 0 Å². The van der Waals surface area contributed by atoms with Crippen molar-refractivity contribution < 1.29 is 4.18 Å². The summed E-state index contributed by atoms with van der Waals surface area (Å²) in [4.78, 5) is 0. The predicted molar refractivity (Wildman–Crippen MR) is 83.6 cm³/mol. The SMILES string of the molecule is COS(=S)(=S)SSSSSSS. The van der Waals surface area contributed by atoms with Gasteiger partial charge in [-0.25, -0.2) is 0 Å². The molecule has 0 aromatic rings. The lowest BCUT2D eigenvalue weighted by atomic mass is 11.8. The summed E-state index contributed by atoms with van der Waals surface area (Å²) in [6.45, 7) is -1.73. The molecule has 0 aliphatic rings. The van der Waals surface area contributed by atoms with Gasteiger partial charge in [-0.15, -0.1) is 0 Å². The lowest BCUT2D eigenvalue weighted by Gasteiger charge is -2.03. The van der Waals surface area contributed by atoms with E-state index in [2.05, 4.69) is 11.7 Å². The fourth-order valence-electron chi connectivity index (χ4n) is 0.108. The average Bonchev–Trinajstić information content (AvgIpc) is 2.04. The smallest absolute Gasteiger partial charge is 0.0817 e. The average molecular weight is 353 g/mol. The second-order valence-electron chi connectivity index (χ2n) is 0.990. The van der Waals surface area contributed by atoms with E-state index >= 15 is 0 Å². The summed E-state index contributed by atoms with van der Waals surface area (Å²) in [6.07, 6.45) is 0. The van der Waals surface area contributed by atoms with E-state index in [-0.39, 0.29) is 0 Å². The third-order valence-corrected chi connectivity index (χ3v) is 18.6. The van der Waals surface area contributed by atoms with Crippen molar-refractivity contribution >= 4 is 99.5 Å². The van der Waals surface area contributed by atoms with Crippen LogP contribution in [0.3, 0.4) is 0 Å². The number of rotatable bonds is 7. The molecule has 0 fully saturated rings. The first-order chi connectivity index (χ1) is 5.62. The Hall–Kier alpha value is 3.20. The Morgan fingerprint density at radius 2 is 1.75 bits per heavy atom. The Morgan fingerprint density at radius 3 is 2.25 bits per heavy atom. The van der Waals surface area contributed by atoms with Gasteiger partial charge in [0.15, 0.2) is 0 Å². The third-order valence-electron chi connectivity index (χ3n) is 0.429. The summed E-state index contributed by atoms with van der Waals surface area (Å²) in [7, 11) is 10.8. The first kappa shape index (κ1) is 15.2. The van der Waals surface area contributed by atoms with E-state index in [0.29, 0.717) is 0 Å². The fraction of sp³-hybridized carbons (Fsp3) is 1.00. The Labute approximate surface area is 109 Å². The highest BCUT2D eigenvalue weighted by atomic mass is 34.0. The van der Waals surface area contributed by atoms with Crippen LogP contribution in [-0.4, -0.2) is 7.11 Å². The zero-order valence-corrected chi connectivity index (χ0v) is 13.8. The van der Waals surface area contributed by atoms with Crippen molar-refractivity contribution in [3.8, 4) is 0 Å². The monoisotopic (exact) mass is 352 g/mol. The van der Waals surface area contributed by atoms with Crippen LogP contribution in [0.2, 0.25) is 0 Å². The maximum absolute atomic E-state index is 4.99. The highest BCUT2D eigenvalue weighted by molar-refractivity contribution is 9.49. The fourth-order valence-corrected chi connectivity index (χ4v) is 18.5. The Bertz CT molecular complexity index is 180. The molecule has 74 valence electrons. The van der Waals surface area contributed by atoms with Gasteiger partial charge in [0, 0.05) is 29.5 Å². The Kier molecular flexibility index (Phi) is 11.9. The molecule has 0 heterocycles. The van der Waals surface area contributed by atoms with Gasteiger partial charge < -0.3 is 4.18 Å². The molecule has 0 aromatic heterocycles. The van der Waals surface area contributed by atoms with Gasteiger partial charge >= 0.3 is 0 Å². The van der Waals surface area contributed by atoms with Gasteiger partial charge in [0.2, 0.25) is 0 Å². The van der Waals surface area contributed by atoms with Gasteiger partial charge in [-0.1, -0.05) is 11.7 Å². The van der Waals surface area contributed by atoms with Gasteiger partial charge in [-0.05, 0) is 51.9 Å². The molecule has 0 unspecified atom stereocenters. The van der Waals surface area contributed by atoms with Crippen molar-refractivity contribution in [3.63, 3.8) is 0 Å². The molecule has 0 atom stereocenters. The molecule has 0 amide bonds. The molecular formula is CH4OS10. The van der Waals surface area contributed by atoms with Gasteiger partial charge in [0.1, 0.15) is 0 Å². The molecule has 0 radical (unpaired) electrons. The highest BCUT2D eigenvalue weighted by Gasteiger charge is 2.01. The molecule has 0 saturated heterocycles. The predicted octanol–water partition coefficient (Wildman–Crippen LogP) is 4.36. The van der Waals surface area contributed by atoms with E-state index < -0.39 is 6.46 Å². The number of hydrogen-bond donors (Lipinski definition) is 1. The van der Waals surface area contributed by atoms with Crippen LogP contribution in [0.1, 0.15) is 0 Å². The van der Waals surface area contributed by atoms with E-state index in [1.54, 1.807) is 46.4 Å². The molecule has 0 spiro atoms. The highest BCUT2D eigenvalue weighted by Crippen LogP contribution is 2.54. The van der Waals surface area contributed by atoms with Gasteiger partial charge in [-0.2, -0.15) is 0 Å². The van der Waals surface area contributed by atoms with Gasteiger partial charge in [0.05, 0.1) is 13.6 Å². The second kappa shape index (κ2) is 9.43. The summed E-state index contributed by atoms with van der Waals surface area (Å²) in [5.41, 5.74) is 0. The van der Waals surface area contributed by atoms with E-state index in [4.69, 9.17) is 26.6 Å². The topological polar surface area (TPSA) is 9.23 Å². The van der Waals surface area contributed by atoms with Crippen molar-refractivity contribution in [3.05, 3.63) is 0 Å². The lowest BCUT2D eigenvalue weighted by Crippen LogP contribution is -1.87. The maximum Gasteiger partial charge on any atom is 0.0817 e. The van der Waals surface area contributed by atoms with Crippen LogP contribution in [0.4, 0.5) is 0 Å². The second-order valence-corrected chi connectivity index (χ2v) is 19.0. The quantitative estimate of drug-likeness (QED) is 0.403. The lowest BCUT2D eigenvalue weighted by molar-refractivity contribution is 0.491. The normalized spacial score (nSPS) is 11.8. The summed E-state index contributed by atoms with van der Waals surface area (Å²) in [6, 6.07) is 0. The van der Waals surface area contributed by atoms with Crippen LogP contribution in [-0.2, 0) is 33.0 Å². The standard InChI is InChI=1S/CH4OS10/c1-2-12(4,5)11-10-9-8-7-6-3/h3H,1H3. The first-order valence-electron chi connectivity index (χ1n) is 2.09. The van der Waals surface area contributed by atoms with Crippen molar-refractivity contribution in [1.29, 1.82) is 0 Å². The van der Waals surface area contributed by atoms with Crippen LogP contribution in [0, 0.1) is 0 Å². The number of thiol groups is 1. The van der Waals surface area contributed by atoms with Crippen molar-refractivity contribution in [2.24, 2.45) is 0 Å². The Balaban J connectivity index is 3.32. The minimum absolute atomic E-state index is 1.42. The van der Waals surface area contributed by atoms with E-state index in [0.717, 1.165) is 0 Å². The largest absolute Gasteiger partial charge is 0.305 e. The van der Waals surface area contributed by atoms with Crippen LogP contribution in [0.5, 0.6) is 0 Å². The molecule has 0 aliphatic heterocycles. The van der Waals surface area contributed by atoms with Crippen LogP contribution in [0.25, 0.3) is 0 Å². The number of hydrogen-bond acceptors (Lipinski definition) is 10. The van der Waals surface area contributed by atoms with Crippen LogP contribution >= 0.6 is 70.6 Å². The summed E-state index contributed by atoms with van der Waals surface area (Å²) in [5, 5.41) is 0. The molecule has 0 aromatic carbocycles. The summed E-state index contributed by atoms with van der Waals surface area (Å²) in [5.74, 6) is 0. The molecule has 0 bridgehead atoms. The van der Waals surface area contributed by atoms with Crippen molar-refractivity contribution in [2.45, 2.75) is 0 Å². The minimum Gasteiger partial charge on any atom is -0.305 e. The van der Waals surface area contributed by atoms with E-state index in [9.17, 15) is 0 Å². The third kappa shape index (κ3) is 9.74. The summed E-state index contributed by atoms with van der Waals surface area (Å²) < 4.78 is 4.95. The zero-order valence-electron chi connectivity index (χ0n) is 5.53. The molecule has 11 heteroatoms. The van der Waals surface area contributed by atoms with Gasteiger partial charge in [0.25, 0.3) is 0 Å². The van der Waals surface area contributed by atoms with Crippen LogP contribution in [0.15, 0.2) is 0 Å². The zero-order chi connectivity index (χ0) is 9.45. The minimum atomic E-state index is -1.73. The molecule has 12 heavy (non-hydrogen) atoms.